The van der Waals surface area contributed by atoms with Gasteiger partial charge >= 0.3 is 80.6 Å². The van der Waals surface area contributed by atoms with Crippen molar-refractivity contribution in [2.24, 2.45) is 0 Å². The molecule has 0 aliphatic heterocycles. The Morgan fingerprint density at radius 2 is 2.08 bits per heavy atom. The Morgan fingerprint density at radius 1 is 1.42 bits per heavy atom. The monoisotopic (exact) mass is 226 g/mol. The van der Waals surface area contributed by atoms with Crippen LogP contribution in [0.4, 0.5) is 0 Å². The maximum atomic E-state index is 3.78. The van der Waals surface area contributed by atoms with Gasteiger partial charge in [0.2, 0.25) is 0 Å². The summed E-state index contributed by atoms with van der Waals surface area (Å²) in [5, 5.41) is 0. The molecule has 0 aromatic heterocycles. The summed E-state index contributed by atoms with van der Waals surface area (Å²) >= 11 is 0.676. The molecular formula is C11H14Se. The zero-order valence-corrected chi connectivity index (χ0v) is 9.08. The van der Waals surface area contributed by atoms with Crippen LogP contribution in [-0.2, 0) is 0 Å². The maximum absolute atomic E-state index is 3.78. The molecule has 0 nitrogen and oxygen atoms in total. The van der Waals surface area contributed by atoms with E-state index in [1.807, 2.05) is 6.08 Å². The van der Waals surface area contributed by atoms with E-state index in [1.54, 1.807) is 0 Å². The Labute approximate surface area is 80.8 Å². The van der Waals surface area contributed by atoms with Gasteiger partial charge in [-0.25, -0.2) is 0 Å². The van der Waals surface area contributed by atoms with Crippen LogP contribution in [0.2, 0.25) is 5.82 Å². The Kier molecular flexibility index (Phi) is 4.13. The van der Waals surface area contributed by atoms with Gasteiger partial charge < -0.3 is 0 Å². The number of hydrogen-bond donors (Lipinski definition) is 0. The van der Waals surface area contributed by atoms with Crippen molar-refractivity contribution in [2.75, 3.05) is 0 Å². The summed E-state index contributed by atoms with van der Waals surface area (Å²) in [4.78, 5) is 0.719. The number of hydrogen-bond acceptors (Lipinski definition) is 0. The van der Waals surface area contributed by atoms with E-state index in [0.717, 1.165) is 11.2 Å². The minimum atomic E-state index is 0.676. The van der Waals surface area contributed by atoms with E-state index in [1.165, 1.54) is 5.56 Å². The third kappa shape index (κ3) is 2.51. The van der Waals surface area contributed by atoms with Crippen molar-refractivity contribution in [1.82, 2.24) is 0 Å². The van der Waals surface area contributed by atoms with Crippen molar-refractivity contribution >= 4 is 15.0 Å². The Hall–Kier alpha value is -0.521. The fourth-order valence-corrected chi connectivity index (χ4v) is 2.78. The molecule has 0 saturated heterocycles. The predicted octanol–water partition coefficient (Wildman–Crippen LogP) is 3.06. The van der Waals surface area contributed by atoms with Crippen molar-refractivity contribution in [3.63, 3.8) is 0 Å². The molecule has 1 atom stereocenters. The molecule has 0 bridgehead atoms. The fourth-order valence-electron chi connectivity index (χ4n) is 1.19. The molecule has 12 heavy (non-hydrogen) atoms. The second-order valence-electron chi connectivity index (χ2n) is 2.66. The summed E-state index contributed by atoms with van der Waals surface area (Å²) in [6, 6.07) is 10.7. The normalized spacial score (nSPS) is 12.4. The summed E-state index contributed by atoms with van der Waals surface area (Å²) in [6.07, 6.45) is 3.13. The predicted molar refractivity (Wildman–Crippen MR) is 55.6 cm³/mol. The van der Waals surface area contributed by atoms with Crippen LogP contribution in [-0.4, -0.2) is 15.0 Å². The molecule has 1 heteroatoms. The zero-order chi connectivity index (χ0) is 8.81. The topological polar surface area (TPSA) is 0 Å². The van der Waals surface area contributed by atoms with Gasteiger partial charge in [-0.15, -0.1) is 0 Å². The summed E-state index contributed by atoms with van der Waals surface area (Å²) in [5.41, 5.74) is 1.46. The summed E-state index contributed by atoms with van der Waals surface area (Å²) in [6.45, 7) is 3.78. The Bertz CT molecular complexity index is 228. The van der Waals surface area contributed by atoms with E-state index < -0.39 is 0 Å². The molecule has 0 heterocycles. The first-order valence-corrected chi connectivity index (χ1v) is 6.77. The van der Waals surface area contributed by atoms with Crippen LogP contribution in [0.5, 0.6) is 0 Å². The van der Waals surface area contributed by atoms with Gasteiger partial charge in [-0.05, 0) is 0 Å². The first-order valence-electron chi connectivity index (χ1n) is 4.07. The third-order valence-corrected chi connectivity index (χ3v) is 4.01. The second kappa shape index (κ2) is 5.18. The molecule has 64 valence electrons. The fraction of sp³-hybridized carbons (Fsp3) is 0.273. The quantitative estimate of drug-likeness (QED) is 0.545. The van der Waals surface area contributed by atoms with Crippen LogP contribution in [0.15, 0.2) is 43.0 Å². The summed E-state index contributed by atoms with van der Waals surface area (Å²) < 4.78 is 0. The molecule has 0 N–H and O–H groups in total. The average molecular weight is 225 g/mol. The van der Waals surface area contributed by atoms with E-state index >= 15 is 0 Å². The van der Waals surface area contributed by atoms with Crippen molar-refractivity contribution in [2.45, 2.75) is 17.1 Å². The molecule has 0 aliphatic rings. The standard InChI is InChI=1S/C11H14Se/c1-3-7-11(12-2)10-8-5-4-6-9-10/h3-6,8-9,11H,1,7H2,2H3. The van der Waals surface area contributed by atoms with Gasteiger partial charge in [-0.3, -0.25) is 0 Å². The summed E-state index contributed by atoms with van der Waals surface area (Å²) in [7, 11) is 0. The molecule has 1 aromatic carbocycles. The molecule has 0 radical (unpaired) electrons. The van der Waals surface area contributed by atoms with Crippen LogP contribution in [0.25, 0.3) is 0 Å². The van der Waals surface area contributed by atoms with E-state index in [0.29, 0.717) is 15.0 Å². The van der Waals surface area contributed by atoms with Crippen LogP contribution in [0, 0.1) is 0 Å². The van der Waals surface area contributed by atoms with Crippen LogP contribution in [0.3, 0.4) is 0 Å². The van der Waals surface area contributed by atoms with Gasteiger partial charge in [-0.1, -0.05) is 0 Å². The van der Waals surface area contributed by atoms with Crippen molar-refractivity contribution in [3.05, 3.63) is 48.6 Å². The van der Waals surface area contributed by atoms with E-state index in [9.17, 15) is 0 Å². The van der Waals surface area contributed by atoms with Gasteiger partial charge in [-0.2, -0.15) is 0 Å². The minimum absolute atomic E-state index is 0.676. The molecule has 1 aromatic rings. The van der Waals surface area contributed by atoms with E-state index in [-0.39, 0.29) is 0 Å². The molecule has 0 amide bonds. The molecule has 0 fully saturated rings. The molecule has 1 rings (SSSR count). The summed E-state index contributed by atoms with van der Waals surface area (Å²) in [5.74, 6) is 2.29. The van der Waals surface area contributed by atoms with Crippen molar-refractivity contribution < 1.29 is 0 Å². The average Bonchev–Trinajstić information content (AvgIpc) is 2.15. The van der Waals surface area contributed by atoms with Crippen molar-refractivity contribution in [1.29, 1.82) is 0 Å². The number of allylic oxidation sites excluding steroid dienone is 1. The Morgan fingerprint density at radius 3 is 2.58 bits per heavy atom. The second-order valence-corrected chi connectivity index (χ2v) is 4.84. The molecule has 1 unspecified atom stereocenters. The van der Waals surface area contributed by atoms with Gasteiger partial charge in [0, 0.05) is 0 Å². The van der Waals surface area contributed by atoms with Gasteiger partial charge in [0.25, 0.3) is 0 Å². The van der Waals surface area contributed by atoms with E-state index in [4.69, 9.17) is 0 Å². The third-order valence-electron chi connectivity index (χ3n) is 1.84. The van der Waals surface area contributed by atoms with Crippen LogP contribution < -0.4 is 0 Å². The number of rotatable bonds is 4. The van der Waals surface area contributed by atoms with Crippen LogP contribution >= 0.6 is 0 Å². The Balaban J connectivity index is 2.72. The first-order chi connectivity index (χ1) is 5.88. The van der Waals surface area contributed by atoms with E-state index in [2.05, 4.69) is 42.7 Å². The van der Waals surface area contributed by atoms with Crippen molar-refractivity contribution in [3.8, 4) is 0 Å². The SMILES string of the molecule is C=CCC([Se]C)c1ccccc1. The molecular weight excluding hydrogens is 211 g/mol. The molecule has 0 spiro atoms. The first kappa shape index (κ1) is 9.57. The number of benzene rings is 1. The molecule has 0 saturated carbocycles. The van der Waals surface area contributed by atoms with Gasteiger partial charge in [0.15, 0.2) is 0 Å². The zero-order valence-electron chi connectivity index (χ0n) is 7.36. The molecule has 0 aliphatic carbocycles. The van der Waals surface area contributed by atoms with Crippen LogP contribution in [0.1, 0.15) is 16.8 Å². The van der Waals surface area contributed by atoms with Gasteiger partial charge in [0.1, 0.15) is 0 Å². The van der Waals surface area contributed by atoms with Gasteiger partial charge in [0.05, 0.1) is 0 Å².